The van der Waals surface area contributed by atoms with Crippen molar-refractivity contribution in [2.75, 3.05) is 5.73 Å². The minimum Gasteiger partial charge on any atom is -0.374 e. The first kappa shape index (κ1) is 9.54. The van der Waals surface area contributed by atoms with E-state index in [0.717, 1.165) is 17.1 Å². The van der Waals surface area contributed by atoms with Crippen LogP contribution in [0.1, 0.15) is 0 Å². The van der Waals surface area contributed by atoms with E-state index in [2.05, 4.69) is 25.3 Å². The standard InChI is InChI=1S/C8H5BrFN3S/c9-6-3-4(10)1-2-5(6)7-12-8(11)14-13-7/h1-3H,(H2,11,12,13). The first-order valence-corrected chi connectivity index (χ1v) is 5.28. The molecule has 0 aliphatic rings. The summed E-state index contributed by atoms with van der Waals surface area (Å²) in [6.45, 7) is 0. The largest absolute Gasteiger partial charge is 0.374 e. The van der Waals surface area contributed by atoms with Gasteiger partial charge < -0.3 is 5.73 Å². The van der Waals surface area contributed by atoms with Gasteiger partial charge in [0.2, 0.25) is 0 Å². The molecule has 0 aliphatic heterocycles. The highest BCUT2D eigenvalue weighted by Gasteiger charge is 2.08. The molecule has 0 saturated carbocycles. The maximum atomic E-state index is 12.8. The lowest BCUT2D eigenvalue weighted by Crippen LogP contribution is -1.86. The van der Waals surface area contributed by atoms with Gasteiger partial charge in [0.15, 0.2) is 11.0 Å². The number of benzene rings is 1. The number of hydrogen-bond donors (Lipinski definition) is 1. The second-order valence-corrected chi connectivity index (χ2v) is 4.22. The quantitative estimate of drug-likeness (QED) is 0.869. The first-order valence-electron chi connectivity index (χ1n) is 3.71. The molecule has 0 spiro atoms. The van der Waals surface area contributed by atoms with Crippen LogP contribution >= 0.6 is 27.5 Å². The summed E-state index contributed by atoms with van der Waals surface area (Å²) in [5.74, 6) is 0.211. The molecule has 72 valence electrons. The van der Waals surface area contributed by atoms with Gasteiger partial charge in [-0.1, -0.05) is 0 Å². The minimum absolute atomic E-state index is 0.302. The van der Waals surface area contributed by atoms with Crippen molar-refractivity contribution in [2.24, 2.45) is 0 Å². The highest BCUT2D eigenvalue weighted by Crippen LogP contribution is 2.27. The number of anilines is 1. The number of nitrogen functional groups attached to an aromatic ring is 1. The van der Waals surface area contributed by atoms with E-state index >= 15 is 0 Å². The van der Waals surface area contributed by atoms with Crippen molar-refractivity contribution >= 4 is 32.6 Å². The van der Waals surface area contributed by atoms with Gasteiger partial charge >= 0.3 is 0 Å². The highest BCUT2D eigenvalue weighted by molar-refractivity contribution is 9.10. The molecule has 0 amide bonds. The maximum absolute atomic E-state index is 12.8. The van der Waals surface area contributed by atoms with Crippen molar-refractivity contribution in [1.29, 1.82) is 0 Å². The molecule has 0 bridgehead atoms. The van der Waals surface area contributed by atoms with Gasteiger partial charge in [0, 0.05) is 21.6 Å². The lowest BCUT2D eigenvalue weighted by molar-refractivity contribution is 0.627. The van der Waals surface area contributed by atoms with Crippen molar-refractivity contribution < 1.29 is 4.39 Å². The molecule has 0 unspecified atom stereocenters. The Hall–Kier alpha value is -1.01. The molecule has 0 radical (unpaired) electrons. The zero-order valence-electron chi connectivity index (χ0n) is 6.87. The summed E-state index contributed by atoms with van der Waals surface area (Å²) < 4.78 is 17.4. The Kier molecular flexibility index (Phi) is 2.47. The maximum Gasteiger partial charge on any atom is 0.200 e. The fourth-order valence-corrected chi connectivity index (χ4v) is 1.99. The molecule has 0 aliphatic carbocycles. The third-order valence-corrected chi connectivity index (χ3v) is 2.81. The summed E-state index contributed by atoms with van der Waals surface area (Å²) in [7, 11) is 0. The van der Waals surface area contributed by atoms with Gasteiger partial charge in [-0.3, -0.25) is 0 Å². The summed E-state index contributed by atoms with van der Waals surface area (Å²) in [5, 5.41) is 0.399. The Morgan fingerprint density at radius 1 is 1.43 bits per heavy atom. The van der Waals surface area contributed by atoms with Crippen LogP contribution in [0.15, 0.2) is 22.7 Å². The molecular formula is C8H5BrFN3S. The summed E-state index contributed by atoms with van der Waals surface area (Å²) in [4.78, 5) is 4.00. The molecule has 6 heteroatoms. The van der Waals surface area contributed by atoms with Crippen molar-refractivity contribution in [3.63, 3.8) is 0 Å². The number of rotatable bonds is 1. The molecule has 1 heterocycles. The molecule has 1 aromatic carbocycles. The topological polar surface area (TPSA) is 51.8 Å². The van der Waals surface area contributed by atoms with Crippen molar-refractivity contribution in [3.8, 4) is 11.4 Å². The van der Waals surface area contributed by atoms with E-state index in [4.69, 9.17) is 5.73 Å². The summed E-state index contributed by atoms with van der Waals surface area (Å²) in [6.07, 6.45) is 0. The van der Waals surface area contributed by atoms with Crippen LogP contribution in [0.4, 0.5) is 9.52 Å². The van der Waals surface area contributed by atoms with E-state index in [-0.39, 0.29) is 5.82 Å². The third kappa shape index (κ3) is 1.76. The summed E-state index contributed by atoms with van der Waals surface area (Å²) in [6, 6.07) is 4.34. The van der Waals surface area contributed by atoms with Crippen molar-refractivity contribution in [3.05, 3.63) is 28.5 Å². The lowest BCUT2D eigenvalue weighted by atomic mass is 10.2. The van der Waals surface area contributed by atoms with E-state index in [1.54, 1.807) is 6.07 Å². The van der Waals surface area contributed by atoms with Crippen LogP contribution in [0.5, 0.6) is 0 Å². The summed E-state index contributed by atoms with van der Waals surface area (Å²) in [5.41, 5.74) is 6.19. The van der Waals surface area contributed by atoms with Crippen LogP contribution in [0.2, 0.25) is 0 Å². The Morgan fingerprint density at radius 3 is 2.79 bits per heavy atom. The number of nitrogens with two attached hydrogens (primary N) is 1. The van der Waals surface area contributed by atoms with Gasteiger partial charge in [-0.05, 0) is 34.1 Å². The average molecular weight is 274 g/mol. The Balaban J connectivity index is 2.52. The fraction of sp³-hybridized carbons (Fsp3) is 0. The van der Waals surface area contributed by atoms with Crippen LogP contribution in [-0.2, 0) is 0 Å². The normalized spacial score (nSPS) is 10.4. The first-order chi connectivity index (χ1) is 6.66. The molecule has 3 nitrogen and oxygen atoms in total. The Labute approximate surface area is 92.1 Å². The Morgan fingerprint density at radius 2 is 2.21 bits per heavy atom. The monoisotopic (exact) mass is 273 g/mol. The van der Waals surface area contributed by atoms with Gasteiger partial charge in [-0.2, -0.15) is 9.36 Å². The predicted molar refractivity (Wildman–Crippen MR) is 57.4 cm³/mol. The van der Waals surface area contributed by atoms with Crippen molar-refractivity contribution in [2.45, 2.75) is 0 Å². The molecule has 14 heavy (non-hydrogen) atoms. The number of aromatic nitrogens is 2. The third-order valence-electron chi connectivity index (χ3n) is 1.61. The zero-order valence-corrected chi connectivity index (χ0v) is 9.27. The van der Waals surface area contributed by atoms with Gasteiger partial charge in [-0.25, -0.2) is 4.39 Å². The predicted octanol–water partition coefficient (Wildman–Crippen LogP) is 2.69. The molecule has 2 aromatic rings. The zero-order chi connectivity index (χ0) is 10.1. The van der Waals surface area contributed by atoms with Gasteiger partial charge in [-0.15, -0.1) is 0 Å². The van der Waals surface area contributed by atoms with Crippen LogP contribution in [0, 0.1) is 5.82 Å². The number of hydrogen-bond acceptors (Lipinski definition) is 4. The van der Waals surface area contributed by atoms with E-state index < -0.39 is 0 Å². The summed E-state index contributed by atoms with van der Waals surface area (Å²) >= 11 is 4.35. The molecule has 2 rings (SSSR count). The van der Waals surface area contributed by atoms with Crippen LogP contribution in [0.3, 0.4) is 0 Å². The second kappa shape index (κ2) is 3.62. The molecule has 0 fully saturated rings. The van der Waals surface area contributed by atoms with Crippen LogP contribution in [-0.4, -0.2) is 9.36 Å². The molecule has 1 aromatic heterocycles. The molecule has 2 N–H and O–H groups in total. The smallest absolute Gasteiger partial charge is 0.200 e. The second-order valence-electron chi connectivity index (χ2n) is 2.58. The van der Waals surface area contributed by atoms with E-state index in [1.165, 1.54) is 12.1 Å². The molecule has 0 atom stereocenters. The highest BCUT2D eigenvalue weighted by atomic mass is 79.9. The number of halogens is 2. The van der Waals surface area contributed by atoms with Gasteiger partial charge in [0.1, 0.15) is 5.82 Å². The Bertz CT molecular complexity index is 471. The number of nitrogens with zero attached hydrogens (tertiary/aromatic N) is 2. The van der Waals surface area contributed by atoms with Crippen molar-refractivity contribution in [1.82, 2.24) is 9.36 Å². The van der Waals surface area contributed by atoms with Crippen LogP contribution < -0.4 is 5.73 Å². The van der Waals surface area contributed by atoms with Crippen LogP contribution in [0.25, 0.3) is 11.4 Å². The van der Waals surface area contributed by atoms with Gasteiger partial charge in [0.05, 0.1) is 0 Å². The van der Waals surface area contributed by atoms with E-state index in [1.807, 2.05) is 0 Å². The molecule has 0 saturated heterocycles. The minimum atomic E-state index is -0.302. The van der Waals surface area contributed by atoms with E-state index in [0.29, 0.717) is 15.4 Å². The SMILES string of the molecule is Nc1nc(-c2ccc(F)cc2Br)ns1. The lowest BCUT2D eigenvalue weighted by Gasteiger charge is -1.98. The van der Waals surface area contributed by atoms with E-state index in [9.17, 15) is 4.39 Å². The molecular weight excluding hydrogens is 269 g/mol. The van der Waals surface area contributed by atoms with Gasteiger partial charge in [0.25, 0.3) is 0 Å². The average Bonchev–Trinajstić information content (AvgIpc) is 2.51. The fourth-order valence-electron chi connectivity index (χ4n) is 1.02.